The number of rotatable bonds is 6. The van der Waals surface area contributed by atoms with Crippen LogP contribution < -0.4 is 15.5 Å². The average Bonchev–Trinajstić information content (AvgIpc) is 2.58. The molecule has 2 N–H and O–H groups in total. The molecule has 0 heterocycles. The molecule has 1 amide bonds. The SMILES string of the molecule is COc1ccccc1/C(C)=N/NC(=O)CNc1ccccc1. The second-order valence-corrected chi connectivity index (χ2v) is 4.65. The summed E-state index contributed by atoms with van der Waals surface area (Å²) >= 11 is 0. The molecule has 0 aliphatic carbocycles. The molecule has 0 saturated carbocycles. The molecule has 0 unspecified atom stereocenters. The Morgan fingerprint density at radius 3 is 2.50 bits per heavy atom. The van der Waals surface area contributed by atoms with Crippen LogP contribution >= 0.6 is 0 Å². The third kappa shape index (κ3) is 4.34. The molecule has 0 spiro atoms. The van der Waals surface area contributed by atoms with E-state index < -0.39 is 0 Å². The second kappa shape index (κ2) is 7.83. The quantitative estimate of drug-likeness (QED) is 0.636. The van der Waals surface area contributed by atoms with Gasteiger partial charge in [0.2, 0.25) is 0 Å². The number of benzene rings is 2. The minimum absolute atomic E-state index is 0.159. The first-order chi connectivity index (χ1) is 10.7. The molecule has 5 heteroatoms. The maximum Gasteiger partial charge on any atom is 0.259 e. The van der Waals surface area contributed by atoms with Gasteiger partial charge in [0.1, 0.15) is 5.75 Å². The van der Waals surface area contributed by atoms with Crippen LogP contribution in [-0.2, 0) is 4.79 Å². The lowest BCUT2D eigenvalue weighted by Crippen LogP contribution is -2.26. The second-order valence-electron chi connectivity index (χ2n) is 4.65. The van der Waals surface area contributed by atoms with Crippen LogP contribution in [0.1, 0.15) is 12.5 Å². The van der Waals surface area contributed by atoms with Crippen molar-refractivity contribution in [3.63, 3.8) is 0 Å². The van der Waals surface area contributed by atoms with E-state index in [9.17, 15) is 4.79 Å². The first kappa shape index (κ1) is 15.6. The smallest absolute Gasteiger partial charge is 0.259 e. The molecule has 0 aromatic heterocycles. The van der Waals surface area contributed by atoms with E-state index in [4.69, 9.17) is 4.74 Å². The summed E-state index contributed by atoms with van der Waals surface area (Å²) in [6.45, 7) is 1.98. The largest absolute Gasteiger partial charge is 0.496 e. The molecule has 22 heavy (non-hydrogen) atoms. The first-order valence-electron chi connectivity index (χ1n) is 6.96. The summed E-state index contributed by atoms with van der Waals surface area (Å²) in [7, 11) is 1.61. The molecule has 2 aromatic rings. The molecule has 114 valence electrons. The molecule has 5 nitrogen and oxygen atoms in total. The summed E-state index contributed by atoms with van der Waals surface area (Å²) in [5, 5.41) is 7.14. The molecule has 0 fully saturated rings. The Morgan fingerprint density at radius 2 is 1.77 bits per heavy atom. The molecule has 0 bridgehead atoms. The van der Waals surface area contributed by atoms with Crippen LogP contribution in [0.2, 0.25) is 0 Å². The Hall–Kier alpha value is -2.82. The molecule has 0 aliphatic heterocycles. The van der Waals surface area contributed by atoms with E-state index in [1.807, 2.05) is 61.5 Å². The van der Waals surface area contributed by atoms with Crippen LogP contribution in [0.4, 0.5) is 5.69 Å². The number of hydrazone groups is 1. The fraction of sp³-hybridized carbons (Fsp3) is 0.176. The minimum atomic E-state index is -0.210. The zero-order valence-corrected chi connectivity index (χ0v) is 12.7. The number of hydrogen-bond donors (Lipinski definition) is 2. The molecular weight excluding hydrogens is 278 g/mol. The predicted octanol–water partition coefficient (Wildman–Crippen LogP) is 2.65. The summed E-state index contributed by atoms with van der Waals surface area (Å²) in [6, 6.07) is 17.1. The van der Waals surface area contributed by atoms with Crippen LogP contribution in [0.5, 0.6) is 5.75 Å². The number of nitrogens with one attached hydrogen (secondary N) is 2. The number of anilines is 1. The van der Waals surface area contributed by atoms with Gasteiger partial charge < -0.3 is 10.1 Å². The molecule has 0 atom stereocenters. The van der Waals surface area contributed by atoms with Gasteiger partial charge in [-0.25, -0.2) is 5.43 Å². The maximum atomic E-state index is 11.8. The fourth-order valence-corrected chi connectivity index (χ4v) is 1.93. The zero-order chi connectivity index (χ0) is 15.8. The number of amides is 1. The van der Waals surface area contributed by atoms with Gasteiger partial charge in [-0.1, -0.05) is 30.3 Å². The summed E-state index contributed by atoms with van der Waals surface area (Å²) in [5.74, 6) is 0.513. The van der Waals surface area contributed by atoms with Crippen LogP contribution in [-0.4, -0.2) is 25.3 Å². The van der Waals surface area contributed by atoms with Crippen molar-refractivity contribution in [3.8, 4) is 5.75 Å². The van der Waals surface area contributed by atoms with Crippen molar-refractivity contribution in [1.82, 2.24) is 5.43 Å². The minimum Gasteiger partial charge on any atom is -0.496 e. The van der Waals surface area contributed by atoms with Crippen molar-refractivity contribution in [2.24, 2.45) is 5.10 Å². The number of carbonyl (C=O) groups excluding carboxylic acids is 1. The highest BCUT2D eigenvalue weighted by Crippen LogP contribution is 2.17. The van der Waals surface area contributed by atoms with Gasteiger partial charge in [0.25, 0.3) is 5.91 Å². The van der Waals surface area contributed by atoms with Gasteiger partial charge in [-0.05, 0) is 31.2 Å². The fourth-order valence-electron chi connectivity index (χ4n) is 1.93. The Bertz CT molecular complexity index is 654. The normalized spacial score (nSPS) is 10.9. The van der Waals surface area contributed by atoms with Crippen LogP contribution in [0.15, 0.2) is 59.7 Å². The Balaban J connectivity index is 1.91. The number of nitrogens with zero attached hydrogens (tertiary/aromatic N) is 1. The van der Waals surface area contributed by atoms with Gasteiger partial charge in [-0.3, -0.25) is 4.79 Å². The highest BCUT2D eigenvalue weighted by Gasteiger charge is 2.06. The predicted molar refractivity (Wildman–Crippen MR) is 88.3 cm³/mol. The lowest BCUT2D eigenvalue weighted by Gasteiger charge is -2.08. The Morgan fingerprint density at radius 1 is 1.09 bits per heavy atom. The van der Waals surface area contributed by atoms with E-state index in [0.717, 1.165) is 17.0 Å². The number of hydrogen-bond acceptors (Lipinski definition) is 4. The molecule has 0 radical (unpaired) electrons. The number of ether oxygens (including phenoxy) is 1. The molecule has 2 rings (SSSR count). The third-order valence-corrected chi connectivity index (χ3v) is 3.07. The van der Waals surface area contributed by atoms with E-state index >= 15 is 0 Å². The molecule has 0 aliphatic rings. The van der Waals surface area contributed by atoms with Crippen LogP contribution in [0, 0.1) is 0 Å². The van der Waals surface area contributed by atoms with Crippen molar-refractivity contribution < 1.29 is 9.53 Å². The highest BCUT2D eigenvalue weighted by molar-refractivity contribution is 6.01. The average molecular weight is 297 g/mol. The number of methoxy groups -OCH3 is 1. The van der Waals surface area contributed by atoms with Gasteiger partial charge >= 0.3 is 0 Å². The number of carbonyl (C=O) groups is 1. The first-order valence-corrected chi connectivity index (χ1v) is 6.96. The van der Waals surface area contributed by atoms with Gasteiger partial charge in [-0.2, -0.15) is 5.10 Å². The van der Waals surface area contributed by atoms with Crippen molar-refractivity contribution >= 4 is 17.3 Å². The van der Waals surface area contributed by atoms with E-state index in [0.29, 0.717) is 5.71 Å². The van der Waals surface area contributed by atoms with E-state index in [1.165, 1.54) is 0 Å². The summed E-state index contributed by atoms with van der Waals surface area (Å²) in [6.07, 6.45) is 0. The molecule has 0 saturated heterocycles. The van der Waals surface area contributed by atoms with E-state index in [1.54, 1.807) is 7.11 Å². The summed E-state index contributed by atoms with van der Waals surface area (Å²) < 4.78 is 5.27. The lowest BCUT2D eigenvalue weighted by atomic mass is 10.1. The van der Waals surface area contributed by atoms with Gasteiger partial charge in [0.05, 0.1) is 19.4 Å². The summed E-state index contributed by atoms with van der Waals surface area (Å²) in [5.41, 5.74) is 4.96. The van der Waals surface area contributed by atoms with Crippen molar-refractivity contribution in [2.75, 3.05) is 19.0 Å². The summed E-state index contributed by atoms with van der Waals surface area (Å²) in [4.78, 5) is 11.8. The topological polar surface area (TPSA) is 62.7 Å². The third-order valence-electron chi connectivity index (χ3n) is 3.07. The van der Waals surface area contributed by atoms with Crippen molar-refractivity contribution in [3.05, 3.63) is 60.2 Å². The number of para-hydroxylation sites is 2. The van der Waals surface area contributed by atoms with Crippen molar-refractivity contribution in [2.45, 2.75) is 6.92 Å². The van der Waals surface area contributed by atoms with E-state index in [-0.39, 0.29) is 12.5 Å². The molecular formula is C17H19N3O2. The van der Waals surface area contributed by atoms with Crippen LogP contribution in [0.3, 0.4) is 0 Å². The van der Waals surface area contributed by atoms with Crippen LogP contribution in [0.25, 0.3) is 0 Å². The van der Waals surface area contributed by atoms with Gasteiger partial charge in [0.15, 0.2) is 0 Å². The zero-order valence-electron chi connectivity index (χ0n) is 12.7. The highest BCUT2D eigenvalue weighted by atomic mass is 16.5. The Kier molecular flexibility index (Phi) is 5.54. The Labute approximate surface area is 130 Å². The maximum absolute atomic E-state index is 11.8. The molecule has 2 aromatic carbocycles. The standard InChI is InChI=1S/C17H19N3O2/c1-13(15-10-6-7-11-16(15)22-2)19-20-17(21)12-18-14-8-4-3-5-9-14/h3-11,18H,12H2,1-2H3,(H,20,21)/b19-13+. The van der Waals surface area contributed by atoms with Crippen molar-refractivity contribution in [1.29, 1.82) is 0 Å². The van der Waals surface area contributed by atoms with Gasteiger partial charge in [-0.15, -0.1) is 0 Å². The van der Waals surface area contributed by atoms with E-state index in [2.05, 4.69) is 15.8 Å². The lowest BCUT2D eigenvalue weighted by molar-refractivity contribution is -0.119. The monoisotopic (exact) mass is 297 g/mol. The van der Waals surface area contributed by atoms with Gasteiger partial charge in [0, 0.05) is 11.3 Å².